The number of benzene rings is 7. The molecule has 54 heavy (non-hydrogen) atoms. The molecule has 0 fully saturated rings. The summed E-state index contributed by atoms with van der Waals surface area (Å²) in [6.07, 6.45) is 6.86. The van der Waals surface area contributed by atoms with Crippen molar-refractivity contribution in [1.29, 1.82) is 5.53 Å². The van der Waals surface area contributed by atoms with Gasteiger partial charge >= 0.3 is 0 Å². The van der Waals surface area contributed by atoms with Gasteiger partial charge in [-0.25, -0.2) is 5.53 Å². The standard InChI is InChI=1S/C35H26N2.C13H12N2.C2H6/c1-23-19-21-25(22-20-23)37-31-18-10-8-16-29(31)33-27-14-6-5-13-26(27)32-28-15-7-9-17-30(28)36(34(32)35(33)37)24-11-3-2-4-12-24;14-15-13(11-7-3-1-4-8-11)12-9-5-2-6-10-12;1-2/h2-5,7-13,15-22H,6,14H2,1H3;1-10,13-14H;1-2H3. The van der Waals surface area contributed by atoms with E-state index in [-0.39, 0.29) is 6.04 Å². The first-order valence-electron chi connectivity index (χ1n) is 19.0. The zero-order valence-electron chi connectivity index (χ0n) is 31.1. The van der Waals surface area contributed by atoms with E-state index in [2.05, 4.69) is 136 Å². The van der Waals surface area contributed by atoms with Crippen molar-refractivity contribution in [3.8, 4) is 11.4 Å². The van der Waals surface area contributed by atoms with Crippen LogP contribution in [0, 0.1) is 12.5 Å². The molecular weight excluding hydrogens is 657 g/mol. The second kappa shape index (κ2) is 15.2. The summed E-state index contributed by atoms with van der Waals surface area (Å²) in [5, 5.41) is 9.07. The van der Waals surface area contributed by atoms with Crippen molar-refractivity contribution in [2.24, 2.45) is 5.11 Å². The predicted octanol–water partition coefficient (Wildman–Crippen LogP) is 14.0. The number of hydrogen-bond donors (Lipinski definition) is 1. The van der Waals surface area contributed by atoms with Crippen LogP contribution in [0.5, 0.6) is 0 Å². The Balaban J connectivity index is 0.000000205. The SMILES string of the molecule is CC.Cc1ccc(-n2c3ccccc3c3c4c(c5c6ccccc6n(-c6ccccc6)c5c32)C=CCC4)cc1.N=NC(c1ccccc1)c1ccccc1. The summed E-state index contributed by atoms with van der Waals surface area (Å²) < 4.78 is 4.99. The fraction of sp³-hybridized carbons (Fsp3) is 0.120. The Hall–Kier alpha value is -6.52. The topological polar surface area (TPSA) is 46.1 Å². The second-order valence-corrected chi connectivity index (χ2v) is 13.5. The molecule has 7 aromatic carbocycles. The van der Waals surface area contributed by atoms with Gasteiger partial charge in [-0.1, -0.05) is 159 Å². The van der Waals surface area contributed by atoms with Gasteiger partial charge in [0.1, 0.15) is 6.04 Å². The predicted molar refractivity (Wildman–Crippen MR) is 228 cm³/mol. The number of fused-ring (bicyclic) bond motifs is 10. The Labute approximate surface area is 317 Å². The molecule has 10 rings (SSSR count). The monoisotopic (exact) mass is 700 g/mol. The second-order valence-electron chi connectivity index (χ2n) is 13.5. The van der Waals surface area contributed by atoms with Crippen LogP contribution in [0.1, 0.15) is 54.1 Å². The Kier molecular flexibility index (Phi) is 9.74. The number of nitrogens with zero attached hydrogens (tertiary/aromatic N) is 3. The Bertz CT molecular complexity index is 2700. The lowest BCUT2D eigenvalue weighted by atomic mass is 9.89. The minimum absolute atomic E-state index is 0.174. The maximum atomic E-state index is 7.26. The van der Waals surface area contributed by atoms with Crippen molar-refractivity contribution >= 4 is 49.7 Å². The molecule has 0 saturated carbocycles. The van der Waals surface area contributed by atoms with Crippen molar-refractivity contribution in [3.05, 3.63) is 198 Å². The molecule has 264 valence electrons. The van der Waals surface area contributed by atoms with Crippen LogP contribution in [0.25, 0.3) is 61.1 Å². The van der Waals surface area contributed by atoms with Crippen LogP contribution in [0.4, 0.5) is 0 Å². The van der Waals surface area contributed by atoms with Crippen LogP contribution >= 0.6 is 0 Å². The minimum Gasteiger partial charge on any atom is -0.307 e. The number of allylic oxidation sites excluding steroid dienone is 1. The fourth-order valence-electron chi connectivity index (χ4n) is 8.08. The molecular formula is C50H44N4. The molecule has 0 amide bonds. The first-order chi connectivity index (χ1) is 26.7. The van der Waals surface area contributed by atoms with Crippen LogP contribution in [0.15, 0.2) is 175 Å². The van der Waals surface area contributed by atoms with E-state index in [1.807, 2.05) is 74.5 Å². The molecule has 1 aliphatic rings. The van der Waals surface area contributed by atoms with E-state index in [0.717, 1.165) is 24.0 Å². The number of nitrogens with one attached hydrogen (secondary N) is 1. The summed E-state index contributed by atoms with van der Waals surface area (Å²) in [6.45, 7) is 6.16. The van der Waals surface area contributed by atoms with E-state index in [4.69, 9.17) is 5.53 Å². The van der Waals surface area contributed by atoms with E-state index in [1.54, 1.807) is 0 Å². The third-order valence-corrected chi connectivity index (χ3v) is 10.4. The van der Waals surface area contributed by atoms with E-state index in [9.17, 15) is 0 Å². The van der Waals surface area contributed by atoms with Gasteiger partial charge in [0, 0.05) is 32.9 Å². The lowest BCUT2D eigenvalue weighted by molar-refractivity contribution is 0.776. The number of para-hydroxylation sites is 3. The molecule has 1 N–H and O–H groups in total. The molecule has 0 radical (unpaired) electrons. The largest absolute Gasteiger partial charge is 0.307 e. The molecule has 2 aromatic heterocycles. The summed E-state index contributed by atoms with van der Waals surface area (Å²) in [4.78, 5) is 0. The molecule has 0 unspecified atom stereocenters. The Morgan fingerprint density at radius 2 is 1.00 bits per heavy atom. The van der Waals surface area contributed by atoms with Crippen LogP contribution in [0.2, 0.25) is 0 Å². The molecule has 0 atom stereocenters. The van der Waals surface area contributed by atoms with Gasteiger partial charge in [0.2, 0.25) is 0 Å². The highest BCUT2D eigenvalue weighted by Gasteiger charge is 2.27. The van der Waals surface area contributed by atoms with Gasteiger partial charge in [-0.2, -0.15) is 5.11 Å². The quantitative estimate of drug-likeness (QED) is 0.174. The van der Waals surface area contributed by atoms with Gasteiger partial charge in [-0.15, -0.1) is 0 Å². The number of aromatic nitrogens is 2. The third-order valence-electron chi connectivity index (χ3n) is 10.4. The summed E-state index contributed by atoms with van der Waals surface area (Å²) in [6, 6.07) is 57.3. The normalized spacial score (nSPS) is 12.0. The molecule has 1 aliphatic carbocycles. The van der Waals surface area contributed by atoms with E-state index < -0.39 is 0 Å². The maximum absolute atomic E-state index is 7.26. The summed E-state index contributed by atoms with van der Waals surface area (Å²) >= 11 is 0. The molecule has 2 heterocycles. The van der Waals surface area contributed by atoms with Crippen LogP contribution in [-0.4, -0.2) is 9.13 Å². The first kappa shape index (κ1) is 34.6. The summed E-state index contributed by atoms with van der Waals surface area (Å²) in [7, 11) is 0. The lowest BCUT2D eigenvalue weighted by Gasteiger charge is -2.18. The van der Waals surface area contributed by atoms with Crippen molar-refractivity contribution in [2.45, 2.75) is 39.7 Å². The van der Waals surface area contributed by atoms with Crippen molar-refractivity contribution < 1.29 is 0 Å². The Morgan fingerprint density at radius 3 is 1.56 bits per heavy atom. The van der Waals surface area contributed by atoms with E-state index in [1.165, 1.54) is 71.7 Å². The highest BCUT2D eigenvalue weighted by molar-refractivity contribution is 6.27. The van der Waals surface area contributed by atoms with Gasteiger partial charge in [0.25, 0.3) is 0 Å². The van der Waals surface area contributed by atoms with Crippen molar-refractivity contribution in [1.82, 2.24) is 9.13 Å². The van der Waals surface area contributed by atoms with Gasteiger partial charge < -0.3 is 9.13 Å². The van der Waals surface area contributed by atoms with Gasteiger partial charge in [0.05, 0.1) is 22.1 Å². The molecule has 4 heteroatoms. The molecule has 0 bridgehead atoms. The number of aryl methyl sites for hydroxylation is 2. The smallest absolute Gasteiger partial charge is 0.121 e. The minimum atomic E-state index is -0.174. The van der Waals surface area contributed by atoms with Crippen LogP contribution < -0.4 is 0 Å². The highest BCUT2D eigenvalue weighted by atomic mass is 15.0. The summed E-state index contributed by atoms with van der Waals surface area (Å²) in [5.41, 5.74) is 21.0. The number of rotatable bonds is 5. The van der Waals surface area contributed by atoms with Gasteiger partial charge in [-0.05, 0) is 78.4 Å². The molecule has 0 saturated heterocycles. The van der Waals surface area contributed by atoms with Gasteiger partial charge in [0.15, 0.2) is 0 Å². The summed E-state index contributed by atoms with van der Waals surface area (Å²) in [5.74, 6) is 0. The van der Waals surface area contributed by atoms with Crippen molar-refractivity contribution in [3.63, 3.8) is 0 Å². The highest BCUT2D eigenvalue weighted by Crippen LogP contribution is 2.47. The van der Waals surface area contributed by atoms with Crippen molar-refractivity contribution in [2.75, 3.05) is 0 Å². The zero-order valence-corrected chi connectivity index (χ0v) is 31.1. The molecule has 0 spiro atoms. The fourth-order valence-corrected chi connectivity index (χ4v) is 8.08. The molecule has 0 aliphatic heterocycles. The lowest BCUT2D eigenvalue weighted by Crippen LogP contribution is -2.02. The van der Waals surface area contributed by atoms with Gasteiger partial charge in [-0.3, -0.25) is 0 Å². The van der Waals surface area contributed by atoms with E-state index in [0.29, 0.717) is 0 Å². The Morgan fingerprint density at radius 1 is 0.537 bits per heavy atom. The molecule has 4 nitrogen and oxygen atoms in total. The average Bonchev–Trinajstić information content (AvgIpc) is 3.78. The molecule has 9 aromatic rings. The number of hydrogen-bond acceptors (Lipinski definition) is 2. The third kappa shape index (κ3) is 6.00. The van der Waals surface area contributed by atoms with Crippen LogP contribution in [-0.2, 0) is 6.42 Å². The van der Waals surface area contributed by atoms with E-state index >= 15 is 0 Å². The average molecular weight is 701 g/mol. The zero-order chi connectivity index (χ0) is 37.0. The first-order valence-corrected chi connectivity index (χ1v) is 19.0. The maximum Gasteiger partial charge on any atom is 0.121 e. The van der Waals surface area contributed by atoms with Crippen LogP contribution in [0.3, 0.4) is 0 Å².